The van der Waals surface area contributed by atoms with Gasteiger partial charge in [-0.25, -0.2) is 0 Å². The third kappa shape index (κ3) is 4.07. The summed E-state index contributed by atoms with van der Waals surface area (Å²) < 4.78 is 0. The maximum Gasteiger partial charge on any atom is 0.310 e. The Morgan fingerprint density at radius 2 is 2.33 bits per heavy atom. The van der Waals surface area contributed by atoms with E-state index in [9.17, 15) is 9.90 Å². The molecule has 1 saturated carbocycles. The van der Waals surface area contributed by atoms with Crippen molar-refractivity contribution in [3.8, 4) is 0 Å². The van der Waals surface area contributed by atoms with Gasteiger partial charge < -0.3 is 5.11 Å². The SMILES string of the molecule is CC1CCCC(CN(Cc2cccs2)C(C)C)(C(=O)O)C1. The summed E-state index contributed by atoms with van der Waals surface area (Å²) in [7, 11) is 0. The van der Waals surface area contributed by atoms with Gasteiger partial charge in [0.25, 0.3) is 0 Å². The van der Waals surface area contributed by atoms with Gasteiger partial charge in [-0.1, -0.05) is 25.8 Å². The molecule has 0 amide bonds. The molecule has 4 heteroatoms. The van der Waals surface area contributed by atoms with Gasteiger partial charge in [0.15, 0.2) is 0 Å². The molecule has 1 heterocycles. The molecular weight excluding hydrogens is 282 g/mol. The average molecular weight is 309 g/mol. The molecule has 0 radical (unpaired) electrons. The number of aliphatic carboxylic acids is 1. The summed E-state index contributed by atoms with van der Waals surface area (Å²) >= 11 is 1.75. The first-order chi connectivity index (χ1) is 9.93. The predicted molar refractivity (Wildman–Crippen MR) is 87.6 cm³/mol. The molecule has 0 bridgehead atoms. The van der Waals surface area contributed by atoms with Gasteiger partial charge in [0.2, 0.25) is 0 Å². The highest BCUT2D eigenvalue weighted by Gasteiger charge is 2.43. The van der Waals surface area contributed by atoms with Crippen molar-refractivity contribution in [3.63, 3.8) is 0 Å². The largest absolute Gasteiger partial charge is 0.481 e. The summed E-state index contributed by atoms with van der Waals surface area (Å²) in [6, 6.07) is 4.56. The fraction of sp³-hybridized carbons (Fsp3) is 0.706. The Balaban J connectivity index is 2.14. The first-order valence-corrected chi connectivity index (χ1v) is 8.81. The quantitative estimate of drug-likeness (QED) is 0.854. The Hall–Kier alpha value is -0.870. The minimum absolute atomic E-state index is 0.362. The molecule has 1 fully saturated rings. The van der Waals surface area contributed by atoms with Crippen LogP contribution in [0.15, 0.2) is 17.5 Å². The second kappa shape index (κ2) is 6.93. The van der Waals surface area contributed by atoms with E-state index in [1.165, 1.54) is 11.3 Å². The summed E-state index contributed by atoms with van der Waals surface area (Å²) in [6.45, 7) is 8.04. The third-order valence-corrected chi connectivity index (χ3v) is 5.58. The van der Waals surface area contributed by atoms with Crippen LogP contribution in [0.4, 0.5) is 0 Å². The topological polar surface area (TPSA) is 40.5 Å². The van der Waals surface area contributed by atoms with E-state index in [1.54, 1.807) is 11.3 Å². The van der Waals surface area contributed by atoms with E-state index in [-0.39, 0.29) is 0 Å². The molecule has 3 nitrogen and oxygen atoms in total. The van der Waals surface area contributed by atoms with Crippen LogP contribution in [0, 0.1) is 11.3 Å². The lowest BCUT2D eigenvalue weighted by Crippen LogP contribution is -2.47. The van der Waals surface area contributed by atoms with Crippen molar-refractivity contribution in [2.24, 2.45) is 11.3 Å². The first kappa shape index (κ1) is 16.5. The van der Waals surface area contributed by atoms with Crippen LogP contribution < -0.4 is 0 Å². The third-order valence-electron chi connectivity index (χ3n) is 4.72. The Morgan fingerprint density at radius 1 is 1.57 bits per heavy atom. The van der Waals surface area contributed by atoms with Gasteiger partial charge in [-0.05, 0) is 44.1 Å². The minimum Gasteiger partial charge on any atom is -0.481 e. The number of carbonyl (C=O) groups is 1. The molecule has 21 heavy (non-hydrogen) atoms. The van der Waals surface area contributed by atoms with Crippen molar-refractivity contribution >= 4 is 17.3 Å². The Morgan fingerprint density at radius 3 is 2.86 bits per heavy atom. The number of nitrogens with zero attached hydrogens (tertiary/aromatic N) is 1. The van der Waals surface area contributed by atoms with Crippen LogP contribution in [0.1, 0.15) is 51.3 Å². The lowest BCUT2D eigenvalue weighted by molar-refractivity contribution is -0.154. The van der Waals surface area contributed by atoms with Gasteiger partial charge in [-0.3, -0.25) is 9.69 Å². The maximum atomic E-state index is 12.0. The summed E-state index contributed by atoms with van der Waals surface area (Å²) in [5, 5.41) is 11.9. The zero-order valence-electron chi connectivity index (χ0n) is 13.3. The fourth-order valence-corrected chi connectivity index (χ4v) is 4.21. The van der Waals surface area contributed by atoms with E-state index in [1.807, 2.05) is 0 Å². The standard InChI is InChI=1S/C17H27NO2S/c1-13(2)18(11-15-7-5-9-21-15)12-17(16(19)20)8-4-6-14(3)10-17/h5,7,9,13-14H,4,6,8,10-12H2,1-3H3,(H,19,20). The van der Waals surface area contributed by atoms with Gasteiger partial charge in [-0.2, -0.15) is 0 Å². The number of carboxylic acid groups (broad SMARTS) is 1. The lowest BCUT2D eigenvalue weighted by Gasteiger charge is -2.41. The lowest BCUT2D eigenvalue weighted by atomic mass is 9.69. The molecule has 2 rings (SSSR count). The highest BCUT2D eigenvalue weighted by molar-refractivity contribution is 7.09. The van der Waals surface area contributed by atoms with Crippen molar-refractivity contribution in [3.05, 3.63) is 22.4 Å². The van der Waals surface area contributed by atoms with Crippen molar-refractivity contribution in [2.45, 2.75) is 59.0 Å². The number of hydrogen-bond acceptors (Lipinski definition) is 3. The first-order valence-electron chi connectivity index (χ1n) is 7.93. The highest BCUT2D eigenvalue weighted by atomic mass is 32.1. The molecule has 1 aliphatic carbocycles. The Labute approximate surface area is 132 Å². The van der Waals surface area contributed by atoms with Gasteiger partial charge >= 0.3 is 5.97 Å². The number of hydrogen-bond donors (Lipinski definition) is 1. The molecule has 0 saturated heterocycles. The van der Waals surface area contributed by atoms with Crippen LogP contribution in [0.3, 0.4) is 0 Å². The van der Waals surface area contributed by atoms with Gasteiger partial charge in [0.1, 0.15) is 0 Å². The van der Waals surface area contributed by atoms with E-state index in [4.69, 9.17) is 0 Å². The van der Waals surface area contributed by atoms with E-state index >= 15 is 0 Å². The normalized spacial score (nSPS) is 26.4. The summed E-state index contributed by atoms with van der Waals surface area (Å²) in [5.41, 5.74) is -0.556. The Kier molecular flexibility index (Phi) is 5.44. The van der Waals surface area contributed by atoms with Crippen LogP contribution in [0.5, 0.6) is 0 Å². The minimum atomic E-state index is -0.606. The summed E-state index contributed by atoms with van der Waals surface area (Å²) in [5.74, 6) is -0.0866. The molecule has 0 aliphatic heterocycles. The monoisotopic (exact) mass is 309 g/mol. The van der Waals surface area contributed by atoms with Crippen molar-refractivity contribution < 1.29 is 9.90 Å². The fourth-order valence-electron chi connectivity index (χ4n) is 3.48. The number of thiophene rings is 1. The molecule has 0 spiro atoms. The van der Waals surface area contributed by atoms with Crippen molar-refractivity contribution in [1.82, 2.24) is 4.90 Å². The van der Waals surface area contributed by atoms with Crippen LogP contribution in [-0.2, 0) is 11.3 Å². The van der Waals surface area contributed by atoms with Gasteiger partial charge in [0, 0.05) is 24.0 Å². The van der Waals surface area contributed by atoms with E-state index in [2.05, 4.69) is 43.2 Å². The van der Waals surface area contributed by atoms with Gasteiger partial charge in [-0.15, -0.1) is 11.3 Å². The molecule has 118 valence electrons. The molecule has 1 aromatic heterocycles. The second-order valence-electron chi connectivity index (χ2n) is 6.87. The highest BCUT2D eigenvalue weighted by Crippen LogP contribution is 2.41. The molecular formula is C17H27NO2S. The van der Waals surface area contributed by atoms with Crippen LogP contribution in [0.25, 0.3) is 0 Å². The summed E-state index contributed by atoms with van der Waals surface area (Å²) in [4.78, 5) is 15.6. The smallest absolute Gasteiger partial charge is 0.310 e. The Bertz CT molecular complexity index is 457. The molecule has 1 N–H and O–H groups in total. The molecule has 2 atom stereocenters. The van der Waals surface area contributed by atoms with Crippen molar-refractivity contribution in [1.29, 1.82) is 0 Å². The molecule has 2 unspecified atom stereocenters. The second-order valence-corrected chi connectivity index (χ2v) is 7.90. The summed E-state index contributed by atoms with van der Waals surface area (Å²) in [6.07, 6.45) is 3.84. The average Bonchev–Trinajstić information content (AvgIpc) is 2.90. The molecule has 1 aromatic rings. The van der Waals surface area contributed by atoms with Crippen molar-refractivity contribution in [2.75, 3.05) is 6.54 Å². The van der Waals surface area contributed by atoms with Crippen LogP contribution in [-0.4, -0.2) is 28.6 Å². The van der Waals surface area contributed by atoms with Gasteiger partial charge in [0.05, 0.1) is 5.41 Å². The van der Waals surface area contributed by atoms with E-state index < -0.39 is 11.4 Å². The number of carboxylic acids is 1. The number of rotatable bonds is 6. The zero-order chi connectivity index (χ0) is 15.5. The molecule has 0 aromatic carbocycles. The van der Waals surface area contributed by atoms with Crippen LogP contribution >= 0.6 is 11.3 Å². The zero-order valence-corrected chi connectivity index (χ0v) is 14.2. The van der Waals surface area contributed by atoms with Crippen LogP contribution in [0.2, 0.25) is 0 Å². The van der Waals surface area contributed by atoms with E-state index in [0.29, 0.717) is 18.5 Å². The maximum absolute atomic E-state index is 12.0. The van der Waals surface area contributed by atoms with E-state index in [0.717, 1.165) is 25.8 Å². The predicted octanol–water partition coefficient (Wildman–Crippen LogP) is 4.24. The molecule has 1 aliphatic rings.